The van der Waals surface area contributed by atoms with Gasteiger partial charge in [0.15, 0.2) is 0 Å². The Morgan fingerprint density at radius 1 is 1.57 bits per heavy atom. The predicted molar refractivity (Wildman–Crippen MR) is 63.3 cm³/mol. The highest BCUT2D eigenvalue weighted by molar-refractivity contribution is 7.98. The van der Waals surface area contributed by atoms with Gasteiger partial charge in [-0.05, 0) is 11.7 Å². The number of rotatable bonds is 6. The summed E-state index contributed by atoms with van der Waals surface area (Å²) in [5.74, 6) is 8.11. The standard InChI is InChI=1S/C8H16N4S2/c1-3-6(2)4-13-5-7-11-12-8(10-9)14-7/h6H,3-5,9H2,1-2H3,(H,10,12). The second kappa shape index (κ2) is 6.21. The fourth-order valence-electron chi connectivity index (χ4n) is 0.836. The van der Waals surface area contributed by atoms with Gasteiger partial charge in [0.1, 0.15) is 5.01 Å². The van der Waals surface area contributed by atoms with E-state index in [2.05, 4.69) is 29.5 Å². The highest BCUT2D eigenvalue weighted by Gasteiger charge is 2.04. The van der Waals surface area contributed by atoms with E-state index < -0.39 is 0 Å². The van der Waals surface area contributed by atoms with Gasteiger partial charge in [-0.25, -0.2) is 5.84 Å². The summed E-state index contributed by atoms with van der Waals surface area (Å²) in [5, 5.41) is 9.60. The molecule has 0 fully saturated rings. The summed E-state index contributed by atoms with van der Waals surface area (Å²) in [6, 6.07) is 0. The number of nitrogens with one attached hydrogen (secondary N) is 1. The van der Waals surface area contributed by atoms with Crippen molar-refractivity contribution in [1.29, 1.82) is 0 Å². The minimum Gasteiger partial charge on any atom is -0.298 e. The molecule has 80 valence electrons. The molecule has 0 spiro atoms. The summed E-state index contributed by atoms with van der Waals surface area (Å²) in [7, 11) is 0. The Balaban J connectivity index is 2.24. The van der Waals surface area contributed by atoms with Gasteiger partial charge < -0.3 is 0 Å². The van der Waals surface area contributed by atoms with E-state index in [0.29, 0.717) is 5.13 Å². The number of hydrogen-bond acceptors (Lipinski definition) is 6. The van der Waals surface area contributed by atoms with Crippen LogP contribution in [0.5, 0.6) is 0 Å². The van der Waals surface area contributed by atoms with E-state index in [0.717, 1.165) is 16.7 Å². The average molecular weight is 232 g/mol. The van der Waals surface area contributed by atoms with Crippen molar-refractivity contribution < 1.29 is 0 Å². The molecule has 0 radical (unpaired) electrons. The van der Waals surface area contributed by atoms with E-state index >= 15 is 0 Å². The summed E-state index contributed by atoms with van der Waals surface area (Å²) < 4.78 is 0. The Morgan fingerprint density at radius 3 is 2.93 bits per heavy atom. The number of hydrogen-bond donors (Lipinski definition) is 2. The minimum atomic E-state index is 0.684. The van der Waals surface area contributed by atoms with Crippen molar-refractivity contribution in [3.05, 3.63) is 5.01 Å². The molecule has 1 heterocycles. The zero-order valence-corrected chi connectivity index (χ0v) is 10.1. The first-order valence-corrected chi connectivity index (χ1v) is 6.60. The zero-order chi connectivity index (χ0) is 10.4. The van der Waals surface area contributed by atoms with Gasteiger partial charge >= 0.3 is 0 Å². The van der Waals surface area contributed by atoms with Crippen molar-refractivity contribution in [2.75, 3.05) is 11.2 Å². The highest BCUT2D eigenvalue weighted by atomic mass is 32.2. The maximum atomic E-state index is 5.21. The second-order valence-corrected chi connectivity index (χ2v) is 5.27. The molecule has 1 atom stereocenters. The van der Waals surface area contributed by atoms with Gasteiger partial charge in [0.05, 0.1) is 0 Å². The Labute approximate surface area is 92.7 Å². The monoisotopic (exact) mass is 232 g/mol. The third-order valence-electron chi connectivity index (χ3n) is 1.92. The smallest absolute Gasteiger partial charge is 0.219 e. The van der Waals surface area contributed by atoms with Gasteiger partial charge in [0.2, 0.25) is 5.13 Å². The summed E-state index contributed by atoms with van der Waals surface area (Å²) in [4.78, 5) is 0. The summed E-state index contributed by atoms with van der Waals surface area (Å²) in [6.45, 7) is 4.48. The maximum Gasteiger partial charge on any atom is 0.219 e. The highest BCUT2D eigenvalue weighted by Crippen LogP contribution is 2.21. The molecule has 6 heteroatoms. The van der Waals surface area contributed by atoms with Crippen LogP contribution in [0.25, 0.3) is 0 Å². The van der Waals surface area contributed by atoms with E-state index in [4.69, 9.17) is 5.84 Å². The zero-order valence-electron chi connectivity index (χ0n) is 8.49. The van der Waals surface area contributed by atoms with E-state index in [9.17, 15) is 0 Å². The molecule has 0 saturated heterocycles. The van der Waals surface area contributed by atoms with Crippen molar-refractivity contribution in [2.24, 2.45) is 11.8 Å². The Hall–Kier alpha value is -0.330. The third kappa shape index (κ3) is 3.81. The van der Waals surface area contributed by atoms with Gasteiger partial charge in [0.25, 0.3) is 0 Å². The van der Waals surface area contributed by atoms with E-state index in [1.54, 1.807) is 0 Å². The summed E-state index contributed by atoms with van der Waals surface area (Å²) in [6.07, 6.45) is 1.23. The van der Waals surface area contributed by atoms with Crippen LogP contribution in [0, 0.1) is 5.92 Å². The lowest BCUT2D eigenvalue weighted by molar-refractivity contribution is 0.637. The lowest BCUT2D eigenvalue weighted by atomic mass is 10.2. The number of nitrogens with two attached hydrogens (primary N) is 1. The van der Waals surface area contributed by atoms with E-state index in [1.165, 1.54) is 23.5 Å². The molecule has 0 amide bonds. The molecule has 4 nitrogen and oxygen atoms in total. The molecule has 0 aliphatic carbocycles. The van der Waals surface area contributed by atoms with Crippen LogP contribution in [0.1, 0.15) is 25.3 Å². The van der Waals surface area contributed by atoms with Gasteiger partial charge in [-0.2, -0.15) is 11.8 Å². The van der Waals surface area contributed by atoms with Crippen LogP contribution in [0.4, 0.5) is 5.13 Å². The number of nitrogens with zero attached hydrogens (tertiary/aromatic N) is 2. The quantitative estimate of drug-likeness (QED) is 0.581. The molecule has 0 saturated carbocycles. The molecule has 1 unspecified atom stereocenters. The largest absolute Gasteiger partial charge is 0.298 e. The molecule has 0 aliphatic heterocycles. The SMILES string of the molecule is CCC(C)CSCc1nnc(NN)s1. The van der Waals surface area contributed by atoms with E-state index in [1.807, 2.05) is 11.8 Å². The molecule has 1 rings (SSSR count). The lowest BCUT2D eigenvalue weighted by Crippen LogP contribution is -2.05. The first kappa shape index (κ1) is 11.7. The van der Waals surface area contributed by atoms with Gasteiger partial charge in [0, 0.05) is 5.75 Å². The molecule has 0 aliphatic rings. The number of nitrogen functional groups attached to an aromatic ring is 1. The van der Waals surface area contributed by atoms with Crippen LogP contribution in [-0.4, -0.2) is 16.0 Å². The van der Waals surface area contributed by atoms with Crippen LogP contribution in [0.15, 0.2) is 0 Å². The molecular formula is C8H16N4S2. The van der Waals surface area contributed by atoms with Gasteiger partial charge in [-0.15, -0.1) is 10.2 Å². The van der Waals surface area contributed by atoms with Gasteiger partial charge in [-0.1, -0.05) is 31.6 Å². The van der Waals surface area contributed by atoms with Crippen LogP contribution in [0.3, 0.4) is 0 Å². The second-order valence-electron chi connectivity index (χ2n) is 3.17. The number of anilines is 1. The topological polar surface area (TPSA) is 63.8 Å². The first-order chi connectivity index (χ1) is 6.76. The Morgan fingerprint density at radius 2 is 2.36 bits per heavy atom. The molecule has 14 heavy (non-hydrogen) atoms. The fraction of sp³-hybridized carbons (Fsp3) is 0.750. The summed E-state index contributed by atoms with van der Waals surface area (Å²) >= 11 is 3.42. The van der Waals surface area contributed by atoms with Crippen molar-refractivity contribution in [3.8, 4) is 0 Å². The van der Waals surface area contributed by atoms with Gasteiger partial charge in [-0.3, -0.25) is 5.43 Å². The maximum absolute atomic E-state index is 5.21. The van der Waals surface area contributed by atoms with Crippen LogP contribution in [0.2, 0.25) is 0 Å². The predicted octanol–water partition coefficient (Wildman–Crippen LogP) is 2.10. The lowest BCUT2D eigenvalue weighted by Gasteiger charge is -2.05. The molecular weight excluding hydrogens is 216 g/mol. The number of hydrazine groups is 1. The first-order valence-electron chi connectivity index (χ1n) is 4.63. The van der Waals surface area contributed by atoms with Crippen molar-refractivity contribution in [1.82, 2.24) is 10.2 Å². The molecule has 0 aromatic carbocycles. The number of thioether (sulfide) groups is 1. The summed E-state index contributed by atoms with van der Waals surface area (Å²) in [5.41, 5.74) is 2.49. The Bertz CT molecular complexity index is 264. The average Bonchev–Trinajstić information content (AvgIpc) is 2.65. The molecule has 0 bridgehead atoms. The Kier molecular flexibility index (Phi) is 5.21. The number of aromatic nitrogens is 2. The third-order valence-corrected chi connectivity index (χ3v) is 4.23. The molecule has 1 aromatic rings. The van der Waals surface area contributed by atoms with Crippen molar-refractivity contribution in [2.45, 2.75) is 26.0 Å². The molecule has 1 aromatic heterocycles. The van der Waals surface area contributed by atoms with Crippen LogP contribution < -0.4 is 11.3 Å². The van der Waals surface area contributed by atoms with Crippen molar-refractivity contribution in [3.63, 3.8) is 0 Å². The van der Waals surface area contributed by atoms with Crippen molar-refractivity contribution >= 4 is 28.2 Å². The van der Waals surface area contributed by atoms with Crippen LogP contribution in [-0.2, 0) is 5.75 Å². The normalized spacial score (nSPS) is 12.8. The minimum absolute atomic E-state index is 0.684. The molecule has 3 N–H and O–H groups in total. The van der Waals surface area contributed by atoms with Crippen LogP contribution >= 0.6 is 23.1 Å². The van der Waals surface area contributed by atoms with E-state index in [-0.39, 0.29) is 0 Å². The fourth-order valence-corrected chi connectivity index (χ4v) is 2.75.